The largest absolute Gasteiger partial charge is 0.466 e. The molecule has 1 heterocycles. The van der Waals surface area contributed by atoms with Crippen LogP contribution in [0.4, 0.5) is 5.95 Å². The summed E-state index contributed by atoms with van der Waals surface area (Å²) >= 11 is 0. The van der Waals surface area contributed by atoms with Crippen LogP contribution >= 0.6 is 0 Å². The van der Waals surface area contributed by atoms with E-state index < -0.39 is 20.5 Å². The number of carbonyl (C=O) groups excluding carboxylic acids is 1. The first-order valence-electron chi connectivity index (χ1n) is 4.66. The number of nitrogens with one attached hydrogen (secondary N) is 2. The normalized spacial score (nSPS) is 12.2. The van der Waals surface area contributed by atoms with Gasteiger partial charge >= 0.3 is 6.01 Å². The topological polar surface area (TPSA) is 114 Å². The first-order valence-corrected chi connectivity index (χ1v) is 6.55. The van der Waals surface area contributed by atoms with E-state index in [0.29, 0.717) is 0 Å². The molecule has 17 heavy (non-hydrogen) atoms. The van der Waals surface area contributed by atoms with E-state index in [1.54, 1.807) is 0 Å². The monoisotopic (exact) mass is 262 g/mol. The summed E-state index contributed by atoms with van der Waals surface area (Å²) in [5, 5.41) is 8.32. The van der Waals surface area contributed by atoms with Gasteiger partial charge in [0.1, 0.15) is 4.75 Å². The van der Waals surface area contributed by atoms with E-state index in [-0.39, 0.29) is 12.0 Å². The highest BCUT2D eigenvalue weighted by atomic mass is 32.2. The molecule has 8 nitrogen and oxygen atoms in total. The molecule has 96 valence electrons. The van der Waals surface area contributed by atoms with Crippen LogP contribution in [-0.2, 0) is 14.6 Å². The lowest BCUT2D eigenvalue weighted by molar-refractivity contribution is -0.117. The molecule has 0 radical (unpaired) electrons. The van der Waals surface area contributed by atoms with E-state index >= 15 is 0 Å². The van der Waals surface area contributed by atoms with Crippen molar-refractivity contribution in [2.24, 2.45) is 0 Å². The number of nitrogens with zero attached hydrogens (tertiary/aromatic N) is 2. The van der Waals surface area contributed by atoms with Crippen LogP contribution in [0.2, 0.25) is 0 Å². The third kappa shape index (κ3) is 2.73. The van der Waals surface area contributed by atoms with E-state index in [0.717, 1.165) is 6.26 Å². The Labute approximate surface area is 98.7 Å². The predicted octanol–water partition coefficient (Wildman–Crippen LogP) is -0.425. The maximum atomic E-state index is 11.8. The van der Waals surface area contributed by atoms with Crippen LogP contribution in [0.5, 0.6) is 6.01 Å². The molecule has 0 aliphatic carbocycles. The Morgan fingerprint density at radius 2 is 2.06 bits per heavy atom. The van der Waals surface area contributed by atoms with Crippen molar-refractivity contribution in [2.45, 2.75) is 18.6 Å². The fraction of sp³-hybridized carbons (Fsp3) is 0.625. The van der Waals surface area contributed by atoms with Crippen LogP contribution in [0.15, 0.2) is 0 Å². The summed E-state index contributed by atoms with van der Waals surface area (Å²) in [4.78, 5) is 15.5. The molecular weight excluding hydrogens is 248 g/mol. The molecule has 1 aromatic rings. The van der Waals surface area contributed by atoms with Crippen molar-refractivity contribution in [3.8, 4) is 6.01 Å². The number of rotatable bonds is 4. The summed E-state index contributed by atoms with van der Waals surface area (Å²) in [5.74, 6) is -0.664. The number of hydrogen-bond acceptors (Lipinski definition) is 6. The van der Waals surface area contributed by atoms with Gasteiger partial charge in [-0.15, -0.1) is 5.10 Å². The summed E-state index contributed by atoms with van der Waals surface area (Å²) in [6.45, 7) is 2.62. The Balaban J connectivity index is 2.86. The van der Waals surface area contributed by atoms with Crippen LogP contribution in [0, 0.1) is 0 Å². The van der Waals surface area contributed by atoms with Crippen molar-refractivity contribution in [1.29, 1.82) is 0 Å². The minimum atomic E-state index is -3.53. The predicted molar refractivity (Wildman–Crippen MR) is 60.5 cm³/mol. The number of aromatic amines is 1. The number of amides is 1. The molecular formula is C8H14N4O4S. The van der Waals surface area contributed by atoms with Gasteiger partial charge in [-0.3, -0.25) is 10.1 Å². The number of anilines is 1. The summed E-state index contributed by atoms with van der Waals surface area (Å²) in [6.07, 6.45) is 0.994. The van der Waals surface area contributed by atoms with Crippen LogP contribution in [0.3, 0.4) is 0 Å². The first-order chi connectivity index (χ1) is 7.68. The molecule has 1 rings (SSSR count). The average molecular weight is 262 g/mol. The molecule has 0 atom stereocenters. The van der Waals surface area contributed by atoms with Gasteiger partial charge in [-0.25, -0.2) is 13.5 Å². The molecule has 1 amide bonds. The Morgan fingerprint density at radius 3 is 2.47 bits per heavy atom. The second-order valence-corrected chi connectivity index (χ2v) is 6.47. The smallest absolute Gasteiger partial charge is 0.336 e. The maximum Gasteiger partial charge on any atom is 0.336 e. The second-order valence-electron chi connectivity index (χ2n) is 3.91. The minimum Gasteiger partial charge on any atom is -0.466 e. The van der Waals surface area contributed by atoms with Gasteiger partial charge in [0.15, 0.2) is 9.84 Å². The molecule has 0 aliphatic heterocycles. The average Bonchev–Trinajstić information content (AvgIpc) is 2.63. The quantitative estimate of drug-likeness (QED) is 0.761. The minimum absolute atomic E-state index is 0.0311. The van der Waals surface area contributed by atoms with Crippen LogP contribution < -0.4 is 10.1 Å². The molecule has 0 bridgehead atoms. The highest BCUT2D eigenvalue weighted by Gasteiger charge is 2.38. The van der Waals surface area contributed by atoms with Crippen molar-refractivity contribution in [3.05, 3.63) is 0 Å². The highest BCUT2D eigenvalue weighted by molar-refractivity contribution is 7.92. The fourth-order valence-electron chi connectivity index (χ4n) is 0.820. The van der Waals surface area contributed by atoms with Crippen molar-refractivity contribution in [2.75, 3.05) is 18.7 Å². The summed E-state index contributed by atoms with van der Waals surface area (Å²) in [6, 6.07) is 0.0532. The Hall–Kier alpha value is -1.64. The molecule has 0 aromatic carbocycles. The van der Waals surface area contributed by atoms with E-state index in [4.69, 9.17) is 4.74 Å². The van der Waals surface area contributed by atoms with Gasteiger partial charge in [-0.2, -0.15) is 4.98 Å². The molecule has 0 spiro atoms. The number of carbonyl (C=O) groups is 1. The zero-order valence-electron chi connectivity index (χ0n) is 9.94. The Kier molecular flexibility index (Phi) is 3.41. The first kappa shape index (κ1) is 13.4. The summed E-state index contributed by atoms with van der Waals surface area (Å²) in [7, 11) is -2.16. The van der Waals surface area contributed by atoms with Crippen molar-refractivity contribution >= 4 is 21.7 Å². The van der Waals surface area contributed by atoms with E-state index in [2.05, 4.69) is 20.5 Å². The van der Waals surface area contributed by atoms with Crippen LogP contribution in [-0.4, -0.2) is 47.6 Å². The Bertz CT molecular complexity index is 519. The molecule has 0 aliphatic rings. The Morgan fingerprint density at radius 1 is 1.47 bits per heavy atom. The molecule has 0 fully saturated rings. The van der Waals surface area contributed by atoms with E-state index in [1.165, 1.54) is 21.0 Å². The zero-order chi connectivity index (χ0) is 13.3. The van der Waals surface area contributed by atoms with E-state index in [1.807, 2.05) is 0 Å². The molecule has 2 N–H and O–H groups in total. The maximum absolute atomic E-state index is 11.8. The number of H-pyrrole nitrogens is 1. The molecule has 0 unspecified atom stereocenters. The fourth-order valence-corrected chi connectivity index (χ4v) is 1.21. The summed E-state index contributed by atoms with van der Waals surface area (Å²) < 4.78 is 26.0. The number of methoxy groups -OCH3 is 1. The second kappa shape index (κ2) is 4.32. The van der Waals surface area contributed by atoms with Gasteiger partial charge in [0.05, 0.1) is 7.11 Å². The number of aromatic nitrogens is 3. The van der Waals surface area contributed by atoms with Gasteiger partial charge < -0.3 is 4.74 Å². The standard InChI is InChI=1S/C8H14N4O4S/c1-8(2,17(4,14)15)5(13)9-6-10-7(16-3)12-11-6/h1-4H3,(H2,9,10,11,12,13). The van der Waals surface area contributed by atoms with Gasteiger partial charge in [-0.05, 0) is 13.8 Å². The van der Waals surface area contributed by atoms with Crippen LogP contribution in [0.25, 0.3) is 0 Å². The van der Waals surface area contributed by atoms with Gasteiger partial charge in [0.2, 0.25) is 11.9 Å². The molecule has 0 saturated carbocycles. The lowest BCUT2D eigenvalue weighted by Gasteiger charge is -2.20. The van der Waals surface area contributed by atoms with Crippen LogP contribution in [0.1, 0.15) is 13.8 Å². The number of ether oxygens (including phenoxy) is 1. The third-order valence-electron chi connectivity index (χ3n) is 2.35. The van der Waals surface area contributed by atoms with Gasteiger partial charge in [0, 0.05) is 6.26 Å². The molecule has 1 aromatic heterocycles. The van der Waals surface area contributed by atoms with Crippen molar-refractivity contribution in [3.63, 3.8) is 0 Å². The van der Waals surface area contributed by atoms with Gasteiger partial charge in [0.25, 0.3) is 0 Å². The zero-order valence-corrected chi connectivity index (χ0v) is 10.8. The van der Waals surface area contributed by atoms with Crippen molar-refractivity contribution < 1.29 is 17.9 Å². The molecule has 0 saturated heterocycles. The lowest BCUT2D eigenvalue weighted by atomic mass is 10.2. The lowest BCUT2D eigenvalue weighted by Crippen LogP contribution is -2.44. The number of sulfone groups is 1. The SMILES string of the molecule is COc1n[nH]c(NC(=O)C(C)(C)S(C)(=O)=O)n1. The van der Waals surface area contributed by atoms with Gasteiger partial charge in [-0.1, -0.05) is 0 Å². The highest BCUT2D eigenvalue weighted by Crippen LogP contribution is 2.17. The number of hydrogen-bond donors (Lipinski definition) is 2. The van der Waals surface area contributed by atoms with Crippen molar-refractivity contribution in [1.82, 2.24) is 15.2 Å². The molecule has 9 heteroatoms. The summed E-state index contributed by atoms with van der Waals surface area (Å²) in [5.41, 5.74) is 0. The van der Waals surface area contributed by atoms with E-state index in [9.17, 15) is 13.2 Å². The third-order valence-corrected chi connectivity index (χ3v) is 4.39.